The zero-order chi connectivity index (χ0) is 32.3. The van der Waals surface area contributed by atoms with Gasteiger partial charge in [0, 0.05) is 36.8 Å². The molecule has 3 aromatic rings. The normalized spacial score (nSPS) is 19.5. The molecule has 44 heavy (non-hydrogen) atoms. The molecule has 17 heteroatoms. The predicted molar refractivity (Wildman–Crippen MR) is 143 cm³/mol. The minimum Gasteiger partial charge on any atom is -0.357 e. The number of benzene rings is 1. The maximum Gasteiger partial charge on any atom is 0.417 e. The molecule has 0 unspecified atom stereocenters. The van der Waals surface area contributed by atoms with E-state index in [0.29, 0.717) is 22.0 Å². The molecule has 0 fully saturated rings. The van der Waals surface area contributed by atoms with Crippen molar-refractivity contribution in [1.29, 1.82) is 0 Å². The van der Waals surface area contributed by atoms with Gasteiger partial charge in [0.1, 0.15) is 18.3 Å². The van der Waals surface area contributed by atoms with Gasteiger partial charge in [0.25, 0.3) is 11.8 Å². The van der Waals surface area contributed by atoms with Gasteiger partial charge in [-0.25, -0.2) is 4.68 Å². The lowest BCUT2D eigenvalue weighted by Gasteiger charge is -2.37. The van der Waals surface area contributed by atoms with Gasteiger partial charge in [0.2, 0.25) is 5.91 Å². The Bertz CT molecular complexity index is 1630. The SMILES string of the molecule is CNC(=O)[C@@H]1CN([C@H](C)c2ccn(CC(F)(F)F)n2)C(=O)c2c3c(nn21)C[C@@H](C)N(C(=O)c1ccc(Cl)c(C(F)(F)F)c1)C3. The van der Waals surface area contributed by atoms with Crippen molar-refractivity contribution in [2.75, 3.05) is 13.6 Å². The molecule has 0 radical (unpaired) electrons. The molecule has 3 atom stereocenters. The number of amides is 3. The van der Waals surface area contributed by atoms with E-state index in [1.165, 1.54) is 33.7 Å². The number of nitrogens with zero attached hydrogens (tertiary/aromatic N) is 6. The van der Waals surface area contributed by atoms with Gasteiger partial charge in [-0.2, -0.15) is 36.5 Å². The maximum atomic E-state index is 14.0. The van der Waals surface area contributed by atoms with Crippen molar-refractivity contribution in [1.82, 2.24) is 34.7 Å². The molecule has 4 heterocycles. The number of fused-ring (bicyclic) bond motifs is 3. The molecule has 1 N–H and O–H groups in total. The van der Waals surface area contributed by atoms with Gasteiger partial charge in [0.05, 0.1) is 41.1 Å². The summed E-state index contributed by atoms with van der Waals surface area (Å²) in [6.45, 7) is 1.57. The molecular weight excluding hydrogens is 620 g/mol. The first-order valence-corrected chi connectivity index (χ1v) is 13.8. The van der Waals surface area contributed by atoms with E-state index in [-0.39, 0.29) is 36.5 Å². The van der Waals surface area contributed by atoms with Crippen LogP contribution in [0, 0.1) is 0 Å². The Morgan fingerprint density at radius 2 is 1.84 bits per heavy atom. The number of nitrogens with one attached hydrogen (secondary N) is 1. The Balaban J connectivity index is 1.50. The number of hydrogen-bond donors (Lipinski definition) is 1. The fraction of sp³-hybridized carbons (Fsp3) is 0.444. The van der Waals surface area contributed by atoms with Gasteiger partial charge in [-0.15, -0.1) is 0 Å². The van der Waals surface area contributed by atoms with Crippen LogP contribution in [0.25, 0.3) is 0 Å². The van der Waals surface area contributed by atoms with Crippen molar-refractivity contribution in [2.24, 2.45) is 0 Å². The summed E-state index contributed by atoms with van der Waals surface area (Å²) < 4.78 is 81.1. The first-order valence-electron chi connectivity index (χ1n) is 13.4. The van der Waals surface area contributed by atoms with Crippen molar-refractivity contribution in [3.05, 3.63) is 69.3 Å². The number of likely N-dealkylation sites (N-methyl/N-ethyl adjacent to an activating group) is 1. The number of aromatic nitrogens is 4. The van der Waals surface area contributed by atoms with Crippen LogP contribution < -0.4 is 5.32 Å². The van der Waals surface area contributed by atoms with Crippen LogP contribution in [-0.4, -0.2) is 72.9 Å². The number of hydrogen-bond acceptors (Lipinski definition) is 5. The van der Waals surface area contributed by atoms with Crippen LogP contribution in [0.2, 0.25) is 5.02 Å². The molecule has 10 nitrogen and oxygen atoms in total. The van der Waals surface area contributed by atoms with Crippen LogP contribution in [0.3, 0.4) is 0 Å². The van der Waals surface area contributed by atoms with E-state index in [9.17, 15) is 40.7 Å². The summed E-state index contributed by atoms with van der Waals surface area (Å²) in [6.07, 6.45) is -8.01. The highest BCUT2D eigenvalue weighted by atomic mass is 35.5. The smallest absolute Gasteiger partial charge is 0.357 e. The second-order valence-electron chi connectivity index (χ2n) is 10.7. The van der Waals surface area contributed by atoms with E-state index in [4.69, 9.17) is 11.6 Å². The second-order valence-corrected chi connectivity index (χ2v) is 11.1. The Labute approximate surface area is 251 Å². The van der Waals surface area contributed by atoms with Crippen LogP contribution in [0.4, 0.5) is 26.3 Å². The summed E-state index contributed by atoms with van der Waals surface area (Å²) in [4.78, 5) is 43.0. The predicted octanol–water partition coefficient (Wildman–Crippen LogP) is 4.41. The van der Waals surface area contributed by atoms with E-state index in [1.54, 1.807) is 13.8 Å². The largest absolute Gasteiger partial charge is 0.417 e. The standard InChI is InChI=1S/C27H26ClF6N7O3/c1-13-8-20-16(10-39(13)24(43)15-4-5-18(28)17(9-15)27(32,33)34)22-25(44)40(11-21(23(42)35-3)41(22)37-20)14(2)19-6-7-38(36-19)12-26(29,30)31/h4-7,9,13-14,21H,8,10-12H2,1-3H3,(H,35,42)/t13-,14-,21+/m1/s1. The van der Waals surface area contributed by atoms with Gasteiger partial charge < -0.3 is 15.1 Å². The molecule has 2 aliphatic rings. The average molecular weight is 646 g/mol. The zero-order valence-corrected chi connectivity index (χ0v) is 24.3. The molecular formula is C27H26ClF6N7O3. The quantitative estimate of drug-likeness (QED) is 0.414. The van der Waals surface area contributed by atoms with Crippen molar-refractivity contribution < 1.29 is 40.7 Å². The first kappa shape index (κ1) is 31.3. The first-order chi connectivity index (χ1) is 20.5. The number of halogens is 7. The van der Waals surface area contributed by atoms with Gasteiger partial charge in [-0.3, -0.25) is 19.1 Å². The molecule has 1 aromatic carbocycles. The van der Waals surface area contributed by atoms with Crippen LogP contribution in [0.1, 0.15) is 69.3 Å². The van der Waals surface area contributed by atoms with Crippen LogP contribution in [0.5, 0.6) is 0 Å². The Morgan fingerprint density at radius 3 is 2.48 bits per heavy atom. The van der Waals surface area contributed by atoms with Crippen molar-refractivity contribution in [3.8, 4) is 0 Å². The topological polar surface area (TPSA) is 105 Å². The summed E-state index contributed by atoms with van der Waals surface area (Å²) in [6, 6.07) is 1.81. The Hall–Kier alpha value is -4.08. The number of carbonyl (C=O) groups is 3. The van der Waals surface area contributed by atoms with Gasteiger partial charge in [-0.1, -0.05) is 11.6 Å². The number of carbonyl (C=O) groups excluding carboxylic acids is 3. The van der Waals surface area contributed by atoms with Crippen molar-refractivity contribution in [3.63, 3.8) is 0 Å². The molecule has 3 amide bonds. The van der Waals surface area contributed by atoms with E-state index < -0.39 is 65.3 Å². The van der Waals surface area contributed by atoms with Gasteiger partial charge in [0.15, 0.2) is 0 Å². The highest BCUT2D eigenvalue weighted by Crippen LogP contribution is 2.38. The summed E-state index contributed by atoms with van der Waals surface area (Å²) >= 11 is 5.73. The monoisotopic (exact) mass is 645 g/mol. The van der Waals surface area contributed by atoms with E-state index in [0.717, 1.165) is 12.3 Å². The van der Waals surface area contributed by atoms with Gasteiger partial charge >= 0.3 is 12.4 Å². The molecule has 236 valence electrons. The number of rotatable bonds is 5. The molecule has 2 aliphatic heterocycles. The Morgan fingerprint density at radius 1 is 1.14 bits per heavy atom. The molecule has 0 spiro atoms. The third-order valence-electron chi connectivity index (χ3n) is 7.80. The highest BCUT2D eigenvalue weighted by molar-refractivity contribution is 6.31. The minimum absolute atomic E-state index is 0.00166. The molecule has 0 saturated carbocycles. The summed E-state index contributed by atoms with van der Waals surface area (Å²) in [7, 11) is 1.40. The van der Waals surface area contributed by atoms with Gasteiger partial charge in [-0.05, 0) is 38.1 Å². The Kier molecular flexibility index (Phi) is 7.93. The third kappa shape index (κ3) is 5.74. The third-order valence-corrected chi connectivity index (χ3v) is 8.13. The fourth-order valence-electron chi connectivity index (χ4n) is 5.54. The van der Waals surface area contributed by atoms with Crippen molar-refractivity contribution in [2.45, 2.75) is 63.8 Å². The molecule has 0 aliphatic carbocycles. The molecule has 0 saturated heterocycles. The van der Waals surface area contributed by atoms with E-state index in [2.05, 4.69) is 15.5 Å². The summed E-state index contributed by atoms with van der Waals surface area (Å²) in [5.41, 5.74) is -0.497. The average Bonchev–Trinajstić information content (AvgIpc) is 3.54. The summed E-state index contributed by atoms with van der Waals surface area (Å²) in [5.74, 6) is -1.80. The lowest BCUT2D eigenvalue weighted by Crippen LogP contribution is -2.49. The lowest BCUT2D eigenvalue weighted by molar-refractivity contribution is -0.142. The van der Waals surface area contributed by atoms with Crippen molar-refractivity contribution >= 4 is 29.3 Å². The van der Waals surface area contributed by atoms with E-state index in [1.807, 2.05) is 0 Å². The summed E-state index contributed by atoms with van der Waals surface area (Å²) in [5, 5.41) is 10.5. The maximum absolute atomic E-state index is 14.0. The van der Waals surface area contributed by atoms with Crippen LogP contribution in [-0.2, 0) is 30.5 Å². The highest BCUT2D eigenvalue weighted by Gasteiger charge is 2.44. The van der Waals surface area contributed by atoms with Crippen LogP contribution in [0.15, 0.2) is 30.5 Å². The zero-order valence-electron chi connectivity index (χ0n) is 23.5. The second kappa shape index (κ2) is 11.1. The lowest BCUT2D eigenvalue weighted by atomic mass is 9.96. The van der Waals surface area contributed by atoms with Crippen LogP contribution >= 0.6 is 11.6 Å². The molecule has 2 aromatic heterocycles. The molecule has 5 rings (SSSR count). The molecule has 0 bridgehead atoms. The van der Waals surface area contributed by atoms with E-state index >= 15 is 0 Å². The fourth-order valence-corrected chi connectivity index (χ4v) is 5.76. The minimum atomic E-state index is -4.79. The number of alkyl halides is 6.